The van der Waals surface area contributed by atoms with Crippen molar-refractivity contribution in [1.82, 2.24) is 29.4 Å². The number of aromatic nitrogens is 6. The number of anilines is 1. The molecular formula is C16H11ClFN7O. The summed E-state index contributed by atoms with van der Waals surface area (Å²) in [6.07, 6.45) is 6.21. The maximum Gasteiger partial charge on any atom is 0.295 e. The van der Waals surface area contributed by atoms with Gasteiger partial charge >= 0.3 is 0 Å². The predicted octanol–water partition coefficient (Wildman–Crippen LogP) is 2.41. The summed E-state index contributed by atoms with van der Waals surface area (Å²) in [5.74, 6) is -0.616. The Kier molecular flexibility index (Phi) is 4.05. The van der Waals surface area contributed by atoms with Gasteiger partial charge in [0.25, 0.3) is 11.7 Å². The van der Waals surface area contributed by atoms with Gasteiger partial charge in [-0.15, -0.1) is 5.10 Å². The predicted molar refractivity (Wildman–Crippen MR) is 91.5 cm³/mol. The van der Waals surface area contributed by atoms with Crippen molar-refractivity contribution in [1.29, 1.82) is 0 Å². The summed E-state index contributed by atoms with van der Waals surface area (Å²) in [7, 11) is 0. The summed E-state index contributed by atoms with van der Waals surface area (Å²) in [6, 6.07) is 6.15. The number of carbonyl (C=O) groups excluding carboxylic acids is 1. The SMILES string of the molecule is O=C(Nc1cnn(Cc2c(F)cccc2Cl)c1)c1nc2ncccn2n1. The fraction of sp³-hybridized carbons (Fsp3) is 0.0625. The van der Waals surface area contributed by atoms with E-state index < -0.39 is 11.7 Å². The Labute approximate surface area is 151 Å². The number of nitrogens with one attached hydrogen (secondary N) is 1. The highest BCUT2D eigenvalue weighted by molar-refractivity contribution is 6.31. The number of fused-ring (bicyclic) bond motifs is 1. The Bertz CT molecular complexity index is 1050. The van der Waals surface area contributed by atoms with Crippen molar-refractivity contribution in [3.05, 3.63) is 71.3 Å². The van der Waals surface area contributed by atoms with E-state index in [4.69, 9.17) is 11.6 Å². The van der Waals surface area contributed by atoms with Crippen molar-refractivity contribution in [3.63, 3.8) is 0 Å². The molecule has 0 aliphatic rings. The van der Waals surface area contributed by atoms with Gasteiger partial charge in [-0.1, -0.05) is 17.7 Å². The Balaban J connectivity index is 1.50. The monoisotopic (exact) mass is 371 g/mol. The molecule has 10 heteroatoms. The van der Waals surface area contributed by atoms with Gasteiger partial charge in [-0.25, -0.2) is 13.9 Å². The van der Waals surface area contributed by atoms with Gasteiger partial charge in [0, 0.05) is 29.2 Å². The zero-order chi connectivity index (χ0) is 18.1. The Morgan fingerprint density at radius 3 is 3.00 bits per heavy atom. The van der Waals surface area contributed by atoms with E-state index in [9.17, 15) is 9.18 Å². The molecule has 1 amide bonds. The van der Waals surface area contributed by atoms with E-state index in [1.165, 1.54) is 27.5 Å². The first-order valence-electron chi connectivity index (χ1n) is 7.54. The van der Waals surface area contributed by atoms with Crippen molar-refractivity contribution in [2.75, 3.05) is 5.32 Å². The number of rotatable bonds is 4. The molecule has 130 valence electrons. The minimum absolute atomic E-state index is 0.0198. The smallest absolute Gasteiger partial charge is 0.295 e. The van der Waals surface area contributed by atoms with Crippen LogP contribution >= 0.6 is 11.6 Å². The van der Waals surface area contributed by atoms with E-state index in [1.807, 2.05) is 0 Å². The number of hydrogen-bond donors (Lipinski definition) is 1. The van der Waals surface area contributed by atoms with Crippen molar-refractivity contribution in [2.45, 2.75) is 6.54 Å². The van der Waals surface area contributed by atoms with E-state index in [1.54, 1.807) is 30.7 Å². The standard InChI is InChI=1S/C16H11ClFN7O/c17-12-3-1-4-13(18)11(12)9-24-8-10(7-20-24)21-15(26)14-22-16-19-5-2-6-25(16)23-14/h1-8H,9H2,(H,21,26). The van der Waals surface area contributed by atoms with E-state index in [-0.39, 0.29) is 12.4 Å². The van der Waals surface area contributed by atoms with E-state index in [2.05, 4.69) is 25.5 Å². The lowest BCUT2D eigenvalue weighted by atomic mass is 10.2. The highest BCUT2D eigenvalue weighted by Crippen LogP contribution is 2.20. The third-order valence-corrected chi connectivity index (χ3v) is 3.95. The fourth-order valence-corrected chi connectivity index (χ4v) is 2.60. The number of amides is 1. The second kappa shape index (κ2) is 6.52. The molecule has 0 aliphatic heterocycles. The van der Waals surface area contributed by atoms with E-state index in [0.29, 0.717) is 22.1 Å². The molecule has 0 bridgehead atoms. The molecule has 26 heavy (non-hydrogen) atoms. The van der Waals surface area contributed by atoms with Crippen molar-refractivity contribution < 1.29 is 9.18 Å². The summed E-state index contributed by atoms with van der Waals surface area (Å²) >= 11 is 6.01. The van der Waals surface area contributed by atoms with Gasteiger partial charge in [0.1, 0.15) is 5.82 Å². The number of hydrogen-bond acceptors (Lipinski definition) is 5. The maximum absolute atomic E-state index is 13.9. The van der Waals surface area contributed by atoms with Crippen molar-refractivity contribution in [3.8, 4) is 0 Å². The fourth-order valence-electron chi connectivity index (χ4n) is 2.38. The average molecular weight is 372 g/mol. The molecule has 3 heterocycles. The lowest BCUT2D eigenvalue weighted by Crippen LogP contribution is -2.13. The Morgan fingerprint density at radius 1 is 1.31 bits per heavy atom. The third-order valence-electron chi connectivity index (χ3n) is 3.59. The van der Waals surface area contributed by atoms with Gasteiger partial charge < -0.3 is 5.32 Å². The molecule has 0 radical (unpaired) electrons. The van der Waals surface area contributed by atoms with Crippen LogP contribution in [0.25, 0.3) is 5.78 Å². The van der Waals surface area contributed by atoms with E-state index in [0.717, 1.165) is 0 Å². The first kappa shape index (κ1) is 16.2. The van der Waals surface area contributed by atoms with Crippen LogP contribution in [-0.2, 0) is 6.54 Å². The number of carbonyl (C=O) groups is 1. The zero-order valence-electron chi connectivity index (χ0n) is 13.2. The highest BCUT2D eigenvalue weighted by Gasteiger charge is 2.15. The molecular weight excluding hydrogens is 361 g/mol. The molecule has 0 atom stereocenters. The normalized spacial score (nSPS) is 11.0. The Morgan fingerprint density at radius 2 is 2.19 bits per heavy atom. The molecule has 0 spiro atoms. The van der Waals surface area contributed by atoms with Crippen LogP contribution < -0.4 is 5.32 Å². The van der Waals surface area contributed by atoms with Crippen LogP contribution in [0.4, 0.5) is 10.1 Å². The molecule has 4 aromatic rings. The van der Waals surface area contributed by atoms with Crippen LogP contribution in [0.3, 0.4) is 0 Å². The molecule has 1 aromatic carbocycles. The molecule has 0 saturated heterocycles. The van der Waals surface area contributed by atoms with Gasteiger partial charge in [0.15, 0.2) is 0 Å². The van der Waals surface area contributed by atoms with Gasteiger partial charge in [-0.2, -0.15) is 10.1 Å². The largest absolute Gasteiger partial charge is 0.316 e. The zero-order valence-corrected chi connectivity index (χ0v) is 13.9. The van der Waals surface area contributed by atoms with Crippen LogP contribution in [0.5, 0.6) is 0 Å². The van der Waals surface area contributed by atoms with Crippen LogP contribution in [0.15, 0.2) is 49.1 Å². The summed E-state index contributed by atoms with van der Waals surface area (Å²) in [5.41, 5.74) is 0.748. The first-order chi connectivity index (χ1) is 12.6. The van der Waals surface area contributed by atoms with Crippen LogP contribution in [-0.4, -0.2) is 35.3 Å². The third kappa shape index (κ3) is 3.11. The lowest BCUT2D eigenvalue weighted by molar-refractivity contribution is 0.101. The van der Waals surface area contributed by atoms with Crippen molar-refractivity contribution >= 4 is 29.0 Å². The molecule has 8 nitrogen and oxygen atoms in total. The van der Waals surface area contributed by atoms with Crippen LogP contribution in [0.1, 0.15) is 16.2 Å². The number of nitrogens with zero attached hydrogens (tertiary/aromatic N) is 6. The highest BCUT2D eigenvalue weighted by atomic mass is 35.5. The average Bonchev–Trinajstić information content (AvgIpc) is 3.25. The molecule has 0 aliphatic carbocycles. The van der Waals surface area contributed by atoms with E-state index >= 15 is 0 Å². The number of benzene rings is 1. The molecule has 0 fully saturated rings. The summed E-state index contributed by atoms with van der Waals surface area (Å²) in [6.45, 7) is 0.137. The van der Waals surface area contributed by atoms with Crippen LogP contribution in [0.2, 0.25) is 5.02 Å². The minimum Gasteiger partial charge on any atom is -0.316 e. The summed E-state index contributed by atoms with van der Waals surface area (Å²) in [4.78, 5) is 20.3. The minimum atomic E-state index is -0.501. The molecule has 3 aromatic heterocycles. The van der Waals surface area contributed by atoms with Gasteiger partial charge in [-0.05, 0) is 18.2 Å². The molecule has 1 N–H and O–H groups in total. The molecule has 0 unspecified atom stereocenters. The molecule has 4 rings (SSSR count). The van der Waals surface area contributed by atoms with Gasteiger partial charge in [-0.3, -0.25) is 9.48 Å². The van der Waals surface area contributed by atoms with Crippen molar-refractivity contribution in [2.24, 2.45) is 0 Å². The quantitative estimate of drug-likeness (QED) is 0.595. The summed E-state index contributed by atoms with van der Waals surface area (Å²) in [5, 5.41) is 11.1. The first-order valence-corrected chi connectivity index (χ1v) is 7.92. The van der Waals surface area contributed by atoms with Crippen LogP contribution in [0, 0.1) is 5.82 Å². The lowest BCUT2D eigenvalue weighted by Gasteiger charge is -2.05. The number of halogens is 2. The molecule has 0 saturated carbocycles. The van der Waals surface area contributed by atoms with Gasteiger partial charge in [0.05, 0.1) is 18.4 Å². The summed E-state index contributed by atoms with van der Waals surface area (Å²) < 4.78 is 16.7. The topological polar surface area (TPSA) is 90.0 Å². The van der Waals surface area contributed by atoms with Gasteiger partial charge in [0.2, 0.25) is 5.82 Å². The maximum atomic E-state index is 13.9. The second-order valence-electron chi connectivity index (χ2n) is 5.38. The second-order valence-corrected chi connectivity index (χ2v) is 5.79. The Hall–Kier alpha value is -3.33.